The van der Waals surface area contributed by atoms with E-state index in [9.17, 15) is 19.6 Å². The second-order valence-electron chi connectivity index (χ2n) is 10.5. The Bertz CT molecular complexity index is 1350. The van der Waals surface area contributed by atoms with Crippen LogP contribution in [0.5, 0.6) is 11.5 Å². The summed E-state index contributed by atoms with van der Waals surface area (Å²) >= 11 is 0. The SMILES string of the molecule is CCOC(=O)[C@@]1(C#N)[C@@H]2C=Cc3ccccc3N2[C@@H](C(=O)C(C)(C)C)[C@@H]1c1ccc(OC(C)=O)c(OC)c1. The Hall–Kier alpha value is -4.12. The first-order chi connectivity index (χ1) is 18.0. The molecule has 0 spiro atoms. The summed E-state index contributed by atoms with van der Waals surface area (Å²) in [4.78, 5) is 41.6. The molecule has 2 aromatic carbocycles. The summed E-state index contributed by atoms with van der Waals surface area (Å²) in [6.07, 6.45) is 3.70. The number of ketones is 1. The Kier molecular flexibility index (Phi) is 7.07. The van der Waals surface area contributed by atoms with E-state index in [0.29, 0.717) is 5.56 Å². The van der Waals surface area contributed by atoms with Gasteiger partial charge in [0.1, 0.15) is 0 Å². The van der Waals surface area contributed by atoms with Gasteiger partial charge in [-0.25, -0.2) is 0 Å². The number of nitrogens with zero attached hydrogens (tertiary/aromatic N) is 2. The minimum atomic E-state index is -1.75. The number of fused-ring (bicyclic) bond motifs is 3. The second-order valence-corrected chi connectivity index (χ2v) is 10.5. The van der Waals surface area contributed by atoms with Crippen molar-refractivity contribution < 1.29 is 28.6 Å². The minimum Gasteiger partial charge on any atom is -0.493 e. The lowest BCUT2D eigenvalue weighted by Crippen LogP contribution is -2.48. The lowest BCUT2D eigenvalue weighted by Gasteiger charge is -2.37. The van der Waals surface area contributed by atoms with Gasteiger partial charge < -0.3 is 19.1 Å². The Morgan fingerprint density at radius 3 is 2.42 bits per heavy atom. The molecule has 0 unspecified atom stereocenters. The first-order valence-corrected chi connectivity index (χ1v) is 12.6. The molecule has 8 heteroatoms. The Morgan fingerprint density at radius 1 is 1.11 bits per heavy atom. The number of Topliss-reactive ketones (excluding diaryl/α,β-unsaturated/α-hetero) is 1. The monoisotopic (exact) mass is 516 g/mol. The lowest BCUT2D eigenvalue weighted by atomic mass is 9.67. The number of rotatable bonds is 6. The zero-order valence-corrected chi connectivity index (χ0v) is 22.5. The number of anilines is 1. The summed E-state index contributed by atoms with van der Waals surface area (Å²) < 4.78 is 16.3. The van der Waals surface area contributed by atoms with Crippen LogP contribution >= 0.6 is 0 Å². The molecule has 1 saturated heterocycles. The van der Waals surface area contributed by atoms with Crippen LogP contribution in [0, 0.1) is 22.2 Å². The highest BCUT2D eigenvalue weighted by atomic mass is 16.6. The number of esters is 2. The molecular weight excluding hydrogens is 484 g/mol. The summed E-state index contributed by atoms with van der Waals surface area (Å²) in [5, 5.41) is 10.8. The van der Waals surface area contributed by atoms with E-state index in [1.54, 1.807) is 25.1 Å². The first-order valence-electron chi connectivity index (χ1n) is 12.6. The Morgan fingerprint density at radius 2 is 1.82 bits per heavy atom. The van der Waals surface area contributed by atoms with Crippen LogP contribution in [0.1, 0.15) is 51.7 Å². The Balaban J connectivity index is 2.05. The number of hydrogen-bond acceptors (Lipinski definition) is 8. The van der Waals surface area contributed by atoms with E-state index in [0.717, 1.165) is 11.3 Å². The van der Waals surface area contributed by atoms with Gasteiger partial charge >= 0.3 is 11.9 Å². The van der Waals surface area contributed by atoms with Crippen molar-refractivity contribution in [1.29, 1.82) is 5.26 Å². The van der Waals surface area contributed by atoms with Crippen molar-refractivity contribution in [3.63, 3.8) is 0 Å². The van der Waals surface area contributed by atoms with Crippen LogP contribution in [0.2, 0.25) is 0 Å². The number of hydrogen-bond donors (Lipinski definition) is 0. The van der Waals surface area contributed by atoms with Crippen molar-refractivity contribution in [2.24, 2.45) is 10.8 Å². The van der Waals surface area contributed by atoms with Gasteiger partial charge in [-0.15, -0.1) is 0 Å². The third-order valence-electron chi connectivity index (χ3n) is 7.15. The fraction of sp³-hybridized carbons (Fsp3) is 0.400. The van der Waals surface area contributed by atoms with Gasteiger partial charge in [-0.3, -0.25) is 14.4 Å². The van der Waals surface area contributed by atoms with Crippen LogP contribution in [0.3, 0.4) is 0 Å². The standard InChI is InChI=1S/C30H32N2O6/c1-7-37-28(35)30(17-31)24-15-13-19-10-8-9-11-21(19)32(24)26(27(34)29(3,4)5)25(30)20-12-14-22(38-18(2)33)23(16-20)36-6/h8-16,24-26H,7H2,1-6H3/t24-,25-,26+,30-/m0/s1. The van der Waals surface area contributed by atoms with Crippen LogP contribution in [0.15, 0.2) is 48.5 Å². The zero-order valence-electron chi connectivity index (χ0n) is 22.5. The highest BCUT2D eigenvalue weighted by Crippen LogP contribution is 2.57. The van der Waals surface area contributed by atoms with Gasteiger partial charge in [0.25, 0.3) is 0 Å². The molecule has 2 aliphatic heterocycles. The molecule has 0 saturated carbocycles. The predicted molar refractivity (Wildman–Crippen MR) is 142 cm³/mol. The largest absolute Gasteiger partial charge is 0.493 e. The molecule has 2 heterocycles. The first kappa shape index (κ1) is 26.9. The number of benzene rings is 2. The molecule has 0 amide bonds. The summed E-state index contributed by atoms with van der Waals surface area (Å²) in [5.41, 5.74) is -0.368. The average molecular weight is 517 g/mol. The molecule has 38 heavy (non-hydrogen) atoms. The third-order valence-corrected chi connectivity index (χ3v) is 7.15. The molecule has 4 rings (SSSR count). The van der Waals surface area contributed by atoms with Crippen molar-refractivity contribution >= 4 is 29.5 Å². The van der Waals surface area contributed by atoms with Gasteiger partial charge in [-0.1, -0.05) is 57.2 Å². The van der Waals surface area contributed by atoms with Crippen molar-refractivity contribution in [3.8, 4) is 17.6 Å². The van der Waals surface area contributed by atoms with E-state index < -0.39 is 40.8 Å². The zero-order chi connectivity index (χ0) is 27.8. The van der Waals surface area contributed by atoms with Gasteiger partial charge in [0, 0.05) is 23.9 Å². The highest BCUT2D eigenvalue weighted by Gasteiger charge is 2.68. The van der Waals surface area contributed by atoms with Gasteiger partial charge in [-0.05, 0) is 36.2 Å². The van der Waals surface area contributed by atoms with Crippen molar-refractivity contribution in [3.05, 3.63) is 59.7 Å². The smallest absolute Gasteiger partial charge is 0.329 e. The number of carbonyl (C=O) groups excluding carboxylic acids is 3. The molecule has 0 bridgehead atoms. The predicted octanol–water partition coefficient (Wildman–Crippen LogP) is 4.68. The maximum absolute atomic E-state index is 14.2. The molecule has 0 radical (unpaired) electrons. The van der Waals surface area contributed by atoms with Gasteiger partial charge in [0.05, 0.1) is 31.9 Å². The van der Waals surface area contributed by atoms with Crippen molar-refractivity contribution in [1.82, 2.24) is 0 Å². The molecular formula is C30H32N2O6. The van der Waals surface area contributed by atoms with Crippen LogP contribution in [0.25, 0.3) is 6.08 Å². The number of methoxy groups -OCH3 is 1. The van der Waals surface area contributed by atoms with Crippen LogP contribution in [-0.4, -0.2) is 43.5 Å². The van der Waals surface area contributed by atoms with Crippen LogP contribution in [0.4, 0.5) is 5.69 Å². The molecule has 4 atom stereocenters. The quantitative estimate of drug-likeness (QED) is 0.403. The van der Waals surface area contributed by atoms with Crippen molar-refractivity contribution in [2.45, 2.75) is 52.6 Å². The van der Waals surface area contributed by atoms with Gasteiger partial charge in [0.15, 0.2) is 22.7 Å². The molecule has 2 aliphatic rings. The summed E-state index contributed by atoms with van der Waals surface area (Å²) in [6.45, 7) is 8.53. The highest BCUT2D eigenvalue weighted by molar-refractivity contribution is 5.99. The lowest BCUT2D eigenvalue weighted by molar-refractivity contribution is -0.152. The van der Waals surface area contributed by atoms with Crippen LogP contribution < -0.4 is 14.4 Å². The van der Waals surface area contributed by atoms with E-state index in [2.05, 4.69) is 6.07 Å². The van der Waals surface area contributed by atoms with Crippen molar-refractivity contribution in [2.75, 3.05) is 18.6 Å². The fourth-order valence-electron chi connectivity index (χ4n) is 5.55. The summed E-state index contributed by atoms with van der Waals surface area (Å²) in [5.74, 6) is -1.81. The molecule has 198 valence electrons. The van der Waals surface area contributed by atoms with Gasteiger partial charge in [-0.2, -0.15) is 5.26 Å². The normalized spacial score (nSPS) is 23.6. The minimum absolute atomic E-state index is 0.0780. The van der Waals surface area contributed by atoms with E-state index in [1.165, 1.54) is 14.0 Å². The number of para-hydroxylation sites is 1. The molecule has 1 fully saturated rings. The Labute approximate surface area is 222 Å². The third kappa shape index (κ3) is 4.22. The number of ether oxygens (including phenoxy) is 3. The molecule has 8 nitrogen and oxygen atoms in total. The number of nitriles is 1. The van der Waals surface area contributed by atoms with E-state index in [4.69, 9.17) is 14.2 Å². The second kappa shape index (κ2) is 9.97. The van der Waals surface area contributed by atoms with E-state index in [-0.39, 0.29) is 23.9 Å². The van der Waals surface area contributed by atoms with E-state index in [1.807, 2.05) is 62.1 Å². The summed E-state index contributed by atoms with van der Waals surface area (Å²) in [7, 11) is 1.43. The summed E-state index contributed by atoms with van der Waals surface area (Å²) in [6, 6.07) is 13.1. The molecule has 0 aromatic heterocycles. The molecule has 0 N–H and O–H groups in total. The maximum Gasteiger partial charge on any atom is 0.329 e. The van der Waals surface area contributed by atoms with Gasteiger partial charge in [0.2, 0.25) is 0 Å². The van der Waals surface area contributed by atoms with Crippen LogP contribution in [-0.2, 0) is 19.1 Å². The molecule has 2 aromatic rings. The fourth-order valence-corrected chi connectivity index (χ4v) is 5.55. The topological polar surface area (TPSA) is 106 Å². The van der Waals surface area contributed by atoms with E-state index >= 15 is 0 Å². The number of carbonyl (C=O) groups is 3. The molecule has 0 aliphatic carbocycles. The maximum atomic E-state index is 14.2. The average Bonchev–Trinajstić information content (AvgIpc) is 3.19.